The average Bonchev–Trinajstić information content (AvgIpc) is 2.81. The first kappa shape index (κ1) is 20.2. The van der Waals surface area contributed by atoms with Crippen LogP contribution in [-0.4, -0.2) is 40.5 Å². The van der Waals surface area contributed by atoms with Gasteiger partial charge in [-0.25, -0.2) is 5.43 Å². The van der Waals surface area contributed by atoms with Gasteiger partial charge in [0.05, 0.1) is 6.21 Å². The van der Waals surface area contributed by atoms with Gasteiger partial charge in [-0.15, -0.1) is 11.8 Å². The number of benzene rings is 2. The van der Waals surface area contributed by atoms with Gasteiger partial charge < -0.3 is 10.2 Å². The standard InChI is InChI=1S/C22H25N7S/c1-30-19-12-10-17(11-13-19)16-23-28-21-25-20(24-18-8-4-2-5-9-18)26-22(27-21)29-14-6-3-7-15-29/h2,4-5,8-13,16H,3,6-7,14-15H2,1H3,(H2,24,25,26,27,28)/b23-16+. The molecule has 0 saturated carbocycles. The van der Waals surface area contributed by atoms with E-state index >= 15 is 0 Å². The molecule has 0 unspecified atom stereocenters. The Bertz CT molecular complexity index is 971. The molecular weight excluding hydrogens is 394 g/mol. The first-order valence-electron chi connectivity index (χ1n) is 10.1. The fourth-order valence-electron chi connectivity index (χ4n) is 3.21. The molecule has 0 amide bonds. The number of hydrazone groups is 1. The zero-order chi connectivity index (χ0) is 20.6. The van der Waals surface area contributed by atoms with Crippen molar-refractivity contribution in [2.45, 2.75) is 24.2 Å². The summed E-state index contributed by atoms with van der Waals surface area (Å²) in [7, 11) is 0. The topological polar surface area (TPSA) is 78.3 Å². The molecule has 0 radical (unpaired) electrons. The van der Waals surface area contributed by atoms with E-state index in [-0.39, 0.29) is 0 Å². The van der Waals surface area contributed by atoms with Gasteiger partial charge in [-0.3, -0.25) is 0 Å². The highest BCUT2D eigenvalue weighted by Crippen LogP contribution is 2.20. The molecule has 0 spiro atoms. The molecule has 1 saturated heterocycles. The van der Waals surface area contributed by atoms with Crippen molar-refractivity contribution in [1.82, 2.24) is 15.0 Å². The highest BCUT2D eigenvalue weighted by atomic mass is 32.2. The van der Waals surface area contributed by atoms with E-state index < -0.39 is 0 Å². The number of anilines is 4. The molecule has 1 aliphatic rings. The Kier molecular flexibility index (Phi) is 6.76. The number of hydrogen-bond acceptors (Lipinski definition) is 8. The van der Waals surface area contributed by atoms with Crippen molar-refractivity contribution in [2.75, 3.05) is 35.0 Å². The summed E-state index contributed by atoms with van der Waals surface area (Å²) >= 11 is 1.72. The molecule has 0 atom stereocenters. The Morgan fingerprint density at radius 3 is 2.37 bits per heavy atom. The summed E-state index contributed by atoms with van der Waals surface area (Å²) in [5, 5.41) is 7.58. The molecule has 0 aliphatic carbocycles. The second-order valence-electron chi connectivity index (χ2n) is 6.96. The van der Waals surface area contributed by atoms with Crippen LogP contribution in [0.4, 0.5) is 23.5 Å². The van der Waals surface area contributed by atoms with Gasteiger partial charge in [0.2, 0.25) is 17.8 Å². The maximum Gasteiger partial charge on any atom is 0.250 e. The maximum atomic E-state index is 4.64. The first-order valence-corrected chi connectivity index (χ1v) is 11.3. The Morgan fingerprint density at radius 2 is 1.63 bits per heavy atom. The van der Waals surface area contributed by atoms with Gasteiger partial charge in [-0.05, 0) is 55.3 Å². The van der Waals surface area contributed by atoms with E-state index in [2.05, 4.69) is 54.1 Å². The van der Waals surface area contributed by atoms with Crippen LogP contribution < -0.4 is 15.6 Å². The van der Waals surface area contributed by atoms with Gasteiger partial charge in [0.25, 0.3) is 0 Å². The predicted molar refractivity (Wildman–Crippen MR) is 125 cm³/mol. The van der Waals surface area contributed by atoms with Gasteiger partial charge in [-0.1, -0.05) is 30.3 Å². The predicted octanol–water partition coefficient (Wildman–Crippen LogP) is 4.77. The van der Waals surface area contributed by atoms with Crippen molar-refractivity contribution in [2.24, 2.45) is 5.10 Å². The summed E-state index contributed by atoms with van der Waals surface area (Å²) in [6, 6.07) is 18.1. The van der Waals surface area contributed by atoms with Gasteiger partial charge in [0, 0.05) is 23.7 Å². The molecule has 154 valence electrons. The van der Waals surface area contributed by atoms with E-state index in [0.29, 0.717) is 17.8 Å². The van der Waals surface area contributed by atoms with E-state index in [9.17, 15) is 0 Å². The van der Waals surface area contributed by atoms with E-state index in [4.69, 9.17) is 0 Å². The van der Waals surface area contributed by atoms with Crippen LogP contribution in [0, 0.1) is 0 Å². The van der Waals surface area contributed by atoms with Crippen molar-refractivity contribution >= 4 is 41.5 Å². The van der Waals surface area contributed by atoms with Gasteiger partial charge in [-0.2, -0.15) is 20.1 Å². The lowest BCUT2D eigenvalue weighted by Crippen LogP contribution is -2.31. The number of nitrogens with one attached hydrogen (secondary N) is 2. The lowest BCUT2D eigenvalue weighted by Gasteiger charge is -2.26. The molecule has 3 aromatic rings. The smallest absolute Gasteiger partial charge is 0.250 e. The third-order valence-corrected chi connectivity index (χ3v) is 5.53. The number of rotatable bonds is 7. The van der Waals surface area contributed by atoms with Crippen LogP contribution in [0.5, 0.6) is 0 Å². The summed E-state index contributed by atoms with van der Waals surface area (Å²) in [5.74, 6) is 1.59. The number of nitrogens with zero attached hydrogens (tertiary/aromatic N) is 5. The number of hydrogen-bond donors (Lipinski definition) is 2. The Hall–Kier alpha value is -3.13. The van der Waals surface area contributed by atoms with Crippen LogP contribution in [0.3, 0.4) is 0 Å². The van der Waals surface area contributed by atoms with E-state index in [0.717, 1.165) is 37.2 Å². The molecule has 1 aromatic heterocycles. The molecule has 7 nitrogen and oxygen atoms in total. The van der Waals surface area contributed by atoms with Crippen molar-refractivity contribution < 1.29 is 0 Å². The largest absolute Gasteiger partial charge is 0.341 e. The SMILES string of the molecule is CSc1ccc(/C=N/Nc2nc(Nc3ccccc3)nc(N3CCCCC3)n2)cc1. The molecule has 8 heteroatoms. The molecule has 1 fully saturated rings. The van der Waals surface area contributed by atoms with Crippen molar-refractivity contribution in [1.29, 1.82) is 0 Å². The van der Waals surface area contributed by atoms with Crippen LogP contribution in [0.2, 0.25) is 0 Å². The second kappa shape index (κ2) is 10.1. The first-order chi connectivity index (χ1) is 14.8. The lowest BCUT2D eigenvalue weighted by molar-refractivity contribution is 0.568. The Morgan fingerprint density at radius 1 is 0.900 bits per heavy atom. The van der Waals surface area contributed by atoms with Crippen LogP contribution in [0.25, 0.3) is 0 Å². The van der Waals surface area contributed by atoms with Crippen molar-refractivity contribution in [3.8, 4) is 0 Å². The van der Waals surface area contributed by atoms with Gasteiger partial charge in [0.15, 0.2) is 0 Å². The monoisotopic (exact) mass is 419 g/mol. The zero-order valence-electron chi connectivity index (χ0n) is 17.0. The summed E-state index contributed by atoms with van der Waals surface area (Å²) in [6.07, 6.45) is 7.38. The molecular formula is C22H25N7S. The normalized spacial score (nSPS) is 14.1. The van der Waals surface area contributed by atoms with Gasteiger partial charge >= 0.3 is 0 Å². The third kappa shape index (κ3) is 5.48. The Balaban J connectivity index is 1.53. The highest BCUT2D eigenvalue weighted by molar-refractivity contribution is 7.98. The van der Waals surface area contributed by atoms with Crippen molar-refractivity contribution in [3.05, 3.63) is 60.2 Å². The average molecular weight is 420 g/mol. The molecule has 4 rings (SSSR count). The summed E-state index contributed by atoms with van der Waals surface area (Å²) in [4.78, 5) is 17.2. The van der Waals surface area contributed by atoms with Crippen molar-refractivity contribution in [3.63, 3.8) is 0 Å². The summed E-state index contributed by atoms with van der Waals surface area (Å²) in [5.41, 5.74) is 4.90. The third-order valence-electron chi connectivity index (χ3n) is 4.79. The van der Waals surface area contributed by atoms with Crippen LogP contribution >= 0.6 is 11.8 Å². The molecule has 2 N–H and O–H groups in total. The fraction of sp³-hybridized carbons (Fsp3) is 0.273. The number of piperidine rings is 1. The quantitative estimate of drug-likeness (QED) is 0.324. The van der Waals surface area contributed by atoms with E-state index in [1.54, 1.807) is 18.0 Å². The zero-order valence-corrected chi connectivity index (χ0v) is 17.8. The molecule has 30 heavy (non-hydrogen) atoms. The minimum Gasteiger partial charge on any atom is -0.341 e. The molecule has 2 heterocycles. The molecule has 0 bridgehead atoms. The number of para-hydroxylation sites is 1. The van der Waals surface area contributed by atoms with Crippen LogP contribution in [0.1, 0.15) is 24.8 Å². The Labute approximate surface area is 181 Å². The number of thioether (sulfide) groups is 1. The molecule has 2 aromatic carbocycles. The van der Waals surface area contributed by atoms with E-state index in [1.807, 2.05) is 42.5 Å². The van der Waals surface area contributed by atoms with Crippen LogP contribution in [0.15, 0.2) is 64.6 Å². The lowest BCUT2D eigenvalue weighted by atomic mass is 10.1. The minimum absolute atomic E-state index is 0.418. The minimum atomic E-state index is 0.418. The second-order valence-corrected chi connectivity index (χ2v) is 7.84. The summed E-state index contributed by atoms with van der Waals surface area (Å²) < 4.78 is 0. The van der Waals surface area contributed by atoms with E-state index in [1.165, 1.54) is 11.3 Å². The summed E-state index contributed by atoms with van der Waals surface area (Å²) in [6.45, 7) is 1.92. The molecule has 1 aliphatic heterocycles. The number of aromatic nitrogens is 3. The van der Waals surface area contributed by atoms with Gasteiger partial charge in [0.1, 0.15) is 0 Å². The maximum absolute atomic E-state index is 4.64. The highest BCUT2D eigenvalue weighted by Gasteiger charge is 2.16. The fourth-order valence-corrected chi connectivity index (χ4v) is 3.62. The van der Waals surface area contributed by atoms with Crippen LogP contribution in [-0.2, 0) is 0 Å².